The molecule has 2 heterocycles. The van der Waals surface area contributed by atoms with Gasteiger partial charge in [0.25, 0.3) is 0 Å². The molecule has 1 aliphatic rings. The van der Waals surface area contributed by atoms with E-state index in [0.717, 1.165) is 24.1 Å². The molecule has 0 atom stereocenters. The second kappa shape index (κ2) is 3.47. The van der Waals surface area contributed by atoms with E-state index in [1.165, 1.54) is 0 Å². The van der Waals surface area contributed by atoms with Crippen molar-refractivity contribution in [3.63, 3.8) is 0 Å². The summed E-state index contributed by atoms with van der Waals surface area (Å²) in [5.74, 6) is 0.611. The molecule has 1 aromatic heterocycles. The van der Waals surface area contributed by atoms with E-state index in [9.17, 15) is 0 Å². The first kappa shape index (κ1) is 8.61. The molecule has 4 heteroatoms. The van der Waals surface area contributed by atoms with Crippen LogP contribution in [0.1, 0.15) is 0 Å². The average molecular weight is 201 g/mol. The van der Waals surface area contributed by atoms with E-state index in [-0.39, 0.29) is 6.10 Å². The van der Waals surface area contributed by atoms with E-state index >= 15 is 0 Å². The summed E-state index contributed by atoms with van der Waals surface area (Å²) in [7, 11) is 0. The lowest BCUT2D eigenvalue weighted by atomic mass is 10.2. The highest BCUT2D eigenvalue weighted by molar-refractivity contribution is 5.73. The number of rotatable bonds is 2. The van der Waals surface area contributed by atoms with Crippen molar-refractivity contribution in [2.45, 2.75) is 6.10 Å². The first-order valence-electron chi connectivity index (χ1n) is 5.01. The van der Waals surface area contributed by atoms with Gasteiger partial charge in [-0.05, 0) is 12.1 Å². The van der Waals surface area contributed by atoms with Crippen LogP contribution in [0.25, 0.3) is 11.0 Å². The summed E-state index contributed by atoms with van der Waals surface area (Å²) in [6.45, 7) is 1.79. The zero-order valence-corrected chi connectivity index (χ0v) is 8.18. The van der Waals surface area contributed by atoms with Gasteiger partial charge in [-0.15, -0.1) is 0 Å². The van der Waals surface area contributed by atoms with Gasteiger partial charge in [-0.2, -0.15) is 0 Å². The smallest absolute Gasteiger partial charge is 0.233 e. The van der Waals surface area contributed by atoms with Crippen LogP contribution in [-0.2, 0) is 0 Å². The Morgan fingerprint density at radius 2 is 2.00 bits per heavy atom. The highest BCUT2D eigenvalue weighted by Gasteiger charge is 2.18. The number of hydrogen-bond donors (Lipinski definition) is 1. The van der Waals surface area contributed by atoms with Gasteiger partial charge in [0.1, 0.15) is 6.10 Å². The lowest BCUT2D eigenvalue weighted by molar-refractivity contribution is 0.136. The summed E-state index contributed by atoms with van der Waals surface area (Å²) < 4.78 is 5.62. The minimum atomic E-state index is 0.250. The number of nitrogens with zero attached hydrogens (tertiary/aromatic N) is 2. The van der Waals surface area contributed by atoms with Crippen LogP contribution >= 0.6 is 0 Å². The Morgan fingerprint density at radius 3 is 2.73 bits per heavy atom. The van der Waals surface area contributed by atoms with Gasteiger partial charge >= 0.3 is 0 Å². The molecule has 1 N–H and O–H groups in total. The van der Waals surface area contributed by atoms with Crippen molar-refractivity contribution in [3.8, 4) is 5.88 Å². The van der Waals surface area contributed by atoms with E-state index in [1.54, 1.807) is 6.20 Å². The van der Waals surface area contributed by atoms with E-state index in [2.05, 4.69) is 15.3 Å². The number of hydrogen-bond acceptors (Lipinski definition) is 4. The predicted molar refractivity (Wildman–Crippen MR) is 56.8 cm³/mol. The fraction of sp³-hybridized carbons (Fsp3) is 0.273. The highest BCUT2D eigenvalue weighted by atomic mass is 16.5. The summed E-state index contributed by atoms with van der Waals surface area (Å²) in [5, 5.41) is 3.15. The Labute approximate surface area is 87.3 Å². The zero-order valence-electron chi connectivity index (χ0n) is 8.18. The number of benzene rings is 1. The van der Waals surface area contributed by atoms with Crippen molar-refractivity contribution >= 4 is 11.0 Å². The van der Waals surface area contributed by atoms with E-state index in [1.807, 2.05) is 24.3 Å². The number of nitrogens with one attached hydrogen (secondary N) is 1. The van der Waals surface area contributed by atoms with E-state index in [4.69, 9.17) is 4.74 Å². The Hall–Kier alpha value is -1.68. The molecular formula is C11H11N3O. The Kier molecular flexibility index (Phi) is 1.99. The molecule has 0 radical (unpaired) electrons. The van der Waals surface area contributed by atoms with Crippen LogP contribution in [0.4, 0.5) is 0 Å². The quantitative estimate of drug-likeness (QED) is 0.786. The molecule has 1 aromatic carbocycles. The third kappa shape index (κ3) is 1.64. The third-order valence-electron chi connectivity index (χ3n) is 2.46. The number of ether oxygens (including phenoxy) is 1. The van der Waals surface area contributed by atoms with Gasteiger partial charge < -0.3 is 10.1 Å². The molecule has 1 aliphatic heterocycles. The number of para-hydroxylation sites is 2. The van der Waals surface area contributed by atoms with Gasteiger partial charge in [0.15, 0.2) is 0 Å². The molecule has 1 fully saturated rings. The van der Waals surface area contributed by atoms with Gasteiger partial charge in [0, 0.05) is 13.1 Å². The van der Waals surface area contributed by atoms with Gasteiger partial charge in [-0.1, -0.05) is 12.1 Å². The minimum Gasteiger partial charge on any atom is -0.471 e. The number of fused-ring (bicyclic) bond motifs is 1. The molecule has 0 amide bonds. The van der Waals surface area contributed by atoms with Crippen LogP contribution in [-0.4, -0.2) is 29.2 Å². The fourth-order valence-corrected chi connectivity index (χ4v) is 1.51. The second-order valence-corrected chi connectivity index (χ2v) is 3.60. The lowest BCUT2D eigenvalue weighted by Gasteiger charge is -2.26. The molecule has 0 bridgehead atoms. The van der Waals surface area contributed by atoms with Gasteiger partial charge in [0.05, 0.1) is 17.2 Å². The maximum absolute atomic E-state index is 5.62. The van der Waals surface area contributed by atoms with Crippen molar-refractivity contribution < 1.29 is 4.74 Å². The second-order valence-electron chi connectivity index (χ2n) is 3.60. The van der Waals surface area contributed by atoms with Crippen LogP contribution in [0, 0.1) is 0 Å². The molecule has 0 aliphatic carbocycles. The van der Waals surface area contributed by atoms with Crippen molar-refractivity contribution in [2.24, 2.45) is 0 Å². The van der Waals surface area contributed by atoms with Crippen LogP contribution in [0.3, 0.4) is 0 Å². The molecule has 0 spiro atoms. The van der Waals surface area contributed by atoms with Crippen molar-refractivity contribution in [3.05, 3.63) is 30.5 Å². The fourth-order valence-electron chi connectivity index (χ4n) is 1.51. The monoisotopic (exact) mass is 201 g/mol. The van der Waals surface area contributed by atoms with E-state index in [0.29, 0.717) is 5.88 Å². The predicted octanol–water partition coefficient (Wildman–Crippen LogP) is 0.980. The Bertz CT molecular complexity index is 482. The molecule has 0 saturated carbocycles. The van der Waals surface area contributed by atoms with Crippen molar-refractivity contribution in [1.82, 2.24) is 15.3 Å². The topological polar surface area (TPSA) is 47.0 Å². The van der Waals surface area contributed by atoms with Crippen LogP contribution in [0.5, 0.6) is 5.88 Å². The third-order valence-corrected chi connectivity index (χ3v) is 2.46. The van der Waals surface area contributed by atoms with Crippen LogP contribution in [0.15, 0.2) is 30.5 Å². The molecule has 3 rings (SSSR count). The summed E-state index contributed by atoms with van der Waals surface area (Å²) in [6, 6.07) is 7.78. The van der Waals surface area contributed by atoms with Crippen LogP contribution < -0.4 is 10.1 Å². The first-order valence-corrected chi connectivity index (χ1v) is 5.01. The summed E-state index contributed by atoms with van der Waals surface area (Å²) in [4.78, 5) is 8.67. The SMILES string of the molecule is c1ccc2nc(OC3CNC3)cnc2c1. The molecular weight excluding hydrogens is 190 g/mol. The van der Waals surface area contributed by atoms with Gasteiger partial charge in [0.2, 0.25) is 5.88 Å². The summed E-state index contributed by atoms with van der Waals surface area (Å²) >= 11 is 0. The molecule has 2 aromatic rings. The lowest BCUT2D eigenvalue weighted by Crippen LogP contribution is -2.50. The Morgan fingerprint density at radius 1 is 1.20 bits per heavy atom. The molecule has 76 valence electrons. The first-order chi connectivity index (χ1) is 7.42. The standard InChI is InChI=1S/C11H11N3O/c1-2-4-10-9(3-1)13-7-11(14-10)15-8-5-12-6-8/h1-4,7-8,12H,5-6H2. The van der Waals surface area contributed by atoms with Crippen molar-refractivity contribution in [1.29, 1.82) is 0 Å². The zero-order chi connectivity index (χ0) is 10.1. The molecule has 15 heavy (non-hydrogen) atoms. The minimum absolute atomic E-state index is 0.250. The highest BCUT2D eigenvalue weighted by Crippen LogP contribution is 2.14. The maximum atomic E-state index is 5.62. The summed E-state index contributed by atoms with van der Waals surface area (Å²) in [5.41, 5.74) is 1.78. The Balaban J connectivity index is 1.91. The average Bonchev–Trinajstić information content (AvgIpc) is 2.23. The molecule has 1 saturated heterocycles. The van der Waals surface area contributed by atoms with Crippen molar-refractivity contribution in [2.75, 3.05) is 13.1 Å². The normalized spacial score (nSPS) is 16.3. The van der Waals surface area contributed by atoms with E-state index < -0.39 is 0 Å². The maximum Gasteiger partial charge on any atom is 0.233 e. The number of aromatic nitrogens is 2. The van der Waals surface area contributed by atoms with Gasteiger partial charge in [-0.25, -0.2) is 9.97 Å². The largest absolute Gasteiger partial charge is 0.471 e. The summed E-state index contributed by atoms with van der Waals surface area (Å²) in [6.07, 6.45) is 1.93. The van der Waals surface area contributed by atoms with Crippen LogP contribution in [0.2, 0.25) is 0 Å². The van der Waals surface area contributed by atoms with Gasteiger partial charge in [-0.3, -0.25) is 0 Å². The molecule has 4 nitrogen and oxygen atoms in total. The molecule has 0 unspecified atom stereocenters.